The van der Waals surface area contributed by atoms with Gasteiger partial charge in [0.2, 0.25) is 0 Å². The summed E-state index contributed by atoms with van der Waals surface area (Å²) in [5.41, 5.74) is 2.10. The number of aryl methyl sites for hydroxylation is 1. The summed E-state index contributed by atoms with van der Waals surface area (Å²) in [5.74, 6) is -1.70. The van der Waals surface area contributed by atoms with Gasteiger partial charge in [-0.15, -0.1) is 0 Å². The number of hydrogen-bond donors (Lipinski definition) is 2. The summed E-state index contributed by atoms with van der Waals surface area (Å²) in [6.07, 6.45) is 0. The molecule has 0 spiro atoms. The number of hydrogen-bond acceptors (Lipinski definition) is 3. The third-order valence-electron chi connectivity index (χ3n) is 3.81. The van der Waals surface area contributed by atoms with Crippen molar-refractivity contribution < 1.29 is 14.7 Å². The highest BCUT2D eigenvalue weighted by atomic mass is 35.5. The van der Waals surface area contributed by atoms with Gasteiger partial charge >= 0.3 is 0 Å². The van der Waals surface area contributed by atoms with E-state index in [9.17, 15) is 14.7 Å². The fraction of sp³-hybridized carbons (Fsp3) is 0.111. The van der Waals surface area contributed by atoms with Crippen LogP contribution in [-0.2, 0) is 9.59 Å². The van der Waals surface area contributed by atoms with E-state index in [0.717, 1.165) is 5.56 Å². The van der Waals surface area contributed by atoms with E-state index in [-0.39, 0.29) is 11.3 Å². The number of halogens is 1. The first kappa shape index (κ1) is 15.3. The zero-order valence-electron chi connectivity index (χ0n) is 12.3. The van der Waals surface area contributed by atoms with Gasteiger partial charge in [0.1, 0.15) is 5.76 Å². The molecular formula is C18H14ClNO3. The number of amides is 1. The van der Waals surface area contributed by atoms with Gasteiger partial charge in [-0.2, -0.15) is 0 Å². The molecule has 2 N–H and O–H groups in total. The van der Waals surface area contributed by atoms with Crippen molar-refractivity contribution in [2.45, 2.75) is 13.0 Å². The Morgan fingerprint density at radius 2 is 1.74 bits per heavy atom. The molecule has 0 aromatic heterocycles. The van der Waals surface area contributed by atoms with Crippen LogP contribution in [0.5, 0.6) is 0 Å². The van der Waals surface area contributed by atoms with Crippen LogP contribution >= 0.6 is 11.6 Å². The van der Waals surface area contributed by atoms with Gasteiger partial charge < -0.3 is 10.4 Å². The molecule has 23 heavy (non-hydrogen) atoms. The predicted octanol–water partition coefficient (Wildman–Crippen LogP) is 3.36. The molecule has 5 heteroatoms. The van der Waals surface area contributed by atoms with Gasteiger partial charge in [0.25, 0.3) is 11.7 Å². The minimum Gasteiger partial charge on any atom is -0.507 e. The standard InChI is InChI=1S/C18H14ClNO3/c1-10-6-8-11(9-7-10)16(21)14-15(20-18(23)17(14)22)12-4-2-3-5-13(12)19/h2-9,15,21H,1H3,(H,20,23)/b16-14+/t15-/m1/s1. The SMILES string of the molecule is Cc1ccc(/C(O)=C2\C(=O)C(=O)N[C@@H]2c2ccccc2Cl)cc1. The van der Waals surface area contributed by atoms with Crippen molar-refractivity contribution in [1.82, 2.24) is 5.32 Å². The molecule has 0 bridgehead atoms. The molecule has 1 saturated heterocycles. The fourth-order valence-electron chi connectivity index (χ4n) is 2.58. The Kier molecular flexibility index (Phi) is 3.92. The maximum Gasteiger partial charge on any atom is 0.293 e. The van der Waals surface area contributed by atoms with Crippen molar-refractivity contribution in [1.29, 1.82) is 0 Å². The molecule has 0 saturated carbocycles. The van der Waals surface area contributed by atoms with Gasteiger partial charge in [0.05, 0.1) is 11.6 Å². The molecule has 1 aliphatic heterocycles. The monoisotopic (exact) mass is 327 g/mol. The molecule has 0 radical (unpaired) electrons. The van der Waals surface area contributed by atoms with Crippen LogP contribution in [0.25, 0.3) is 5.76 Å². The van der Waals surface area contributed by atoms with Gasteiger partial charge in [-0.1, -0.05) is 59.6 Å². The van der Waals surface area contributed by atoms with Crippen LogP contribution in [0.4, 0.5) is 0 Å². The van der Waals surface area contributed by atoms with E-state index < -0.39 is 17.7 Å². The minimum atomic E-state index is -0.759. The Hall–Kier alpha value is -2.59. The van der Waals surface area contributed by atoms with Crippen LogP contribution in [0.15, 0.2) is 54.1 Å². The smallest absolute Gasteiger partial charge is 0.293 e. The maximum atomic E-state index is 12.2. The van der Waals surface area contributed by atoms with E-state index in [1.807, 2.05) is 19.1 Å². The topological polar surface area (TPSA) is 66.4 Å². The Morgan fingerprint density at radius 3 is 2.39 bits per heavy atom. The molecule has 0 unspecified atom stereocenters. The summed E-state index contributed by atoms with van der Waals surface area (Å²) in [7, 11) is 0. The Bertz CT molecular complexity index is 824. The number of carbonyl (C=O) groups excluding carboxylic acids is 2. The lowest BCUT2D eigenvalue weighted by atomic mass is 9.95. The number of Topliss-reactive ketones (excluding diaryl/α,β-unsaturated/α-hetero) is 1. The van der Waals surface area contributed by atoms with E-state index in [1.165, 1.54) is 0 Å². The highest BCUT2D eigenvalue weighted by Gasteiger charge is 2.40. The Labute approximate surface area is 138 Å². The second kappa shape index (κ2) is 5.89. The zero-order chi connectivity index (χ0) is 16.6. The molecule has 2 aromatic carbocycles. The Balaban J connectivity index is 2.15. The van der Waals surface area contributed by atoms with Gasteiger partial charge in [-0.25, -0.2) is 0 Å². The molecule has 1 aliphatic rings. The highest BCUT2D eigenvalue weighted by molar-refractivity contribution is 6.47. The normalized spacial score (nSPS) is 19.7. The lowest BCUT2D eigenvalue weighted by Crippen LogP contribution is -2.21. The van der Waals surface area contributed by atoms with Crippen molar-refractivity contribution in [2.24, 2.45) is 0 Å². The molecule has 3 rings (SSSR count). The van der Waals surface area contributed by atoms with Crippen LogP contribution in [0.1, 0.15) is 22.7 Å². The van der Waals surface area contributed by atoms with E-state index in [1.54, 1.807) is 36.4 Å². The summed E-state index contributed by atoms with van der Waals surface area (Å²) in [5, 5.41) is 13.5. The molecule has 1 fully saturated rings. The number of aliphatic hydroxyl groups excluding tert-OH is 1. The first-order valence-corrected chi connectivity index (χ1v) is 7.46. The Morgan fingerprint density at radius 1 is 1.09 bits per heavy atom. The molecule has 4 nitrogen and oxygen atoms in total. The van der Waals surface area contributed by atoms with Crippen LogP contribution in [0.3, 0.4) is 0 Å². The lowest BCUT2D eigenvalue weighted by molar-refractivity contribution is -0.133. The van der Waals surface area contributed by atoms with Gasteiger partial charge in [0.15, 0.2) is 0 Å². The van der Waals surface area contributed by atoms with Crippen LogP contribution < -0.4 is 5.32 Å². The summed E-state index contributed by atoms with van der Waals surface area (Å²) < 4.78 is 0. The van der Waals surface area contributed by atoms with Crippen molar-refractivity contribution in [3.63, 3.8) is 0 Å². The van der Waals surface area contributed by atoms with Gasteiger partial charge in [0, 0.05) is 10.6 Å². The summed E-state index contributed by atoms with van der Waals surface area (Å²) in [4.78, 5) is 24.0. The number of aliphatic hydroxyl groups is 1. The molecule has 116 valence electrons. The zero-order valence-corrected chi connectivity index (χ0v) is 13.1. The first-order valence-electron chi connectivity index (χ1n) is 7.09. The number of rotatable bonds is 2. The average molecular weight is 328 g/mol. The maximum absolute atomic E-state index is 12.2. The molecule has 1 atom stereocenters. The van der Waals surface area contributed by atoms with E-state index in [0.29, 0.717) is 16.1 Å². The average Bonchev–Trinajstić information content (AvgIpc) is 2.83. The highest BCUT2D eigenvalue weighted by Crippen LogP contribution is 2.35. The fourth-order valence-corrected chi connectivity index (χ4v) is 2.82. The number of ketones is 1. The summed E-state index contributed by atoms with van der Waals surface area (Å²) in [6, 6.07) is 13.2. The van der Waals surface area contributed by atoms with Crippen molar-refractivity contribution in [3.8, 4) is 0 Å². The third-order valence-corrected chi connectivity index (χ3v) is 4.16. The van der Waals surface area contributed by atoms with E-state index in [4.69, 9.17) is 11.6 Å². The largest absolute Gasteiger partial charge is 0.507 e. The summed E-state index contributed by atoms with van der Waals surface area (Å²) >= 11 is 6.17. The quantitative estimate of drug-likeness (QED) is 0.505. The van der Waals surface area contributed by atoms with Crippen molar-refractivity contribution >= 4 is 29.1 Å². The number of benzene rings is 2. The molecule has 2 aromatic rings. The van der Waals surface area contributed by atoms with Crippen molar-refractivity contribution in [2.75, 3.05) is 0 Å². The second-order valence-electron chi connectivity index (χ2n) is 5.39. The van der Waals surface area contributed by atoms with Gasteiger partial charge in [-0.3, -0.25) is 9.59 Å². The van der Waals surface area contributed by atoms with Crippen LogP contribution in [0.2, 0.25) is 5.02 Å². The van der Waals surface area contributed by atoms with Gasteiger partial charge in [-0.05, 0) is 18.6 Å². The molecule has 0 aliphatic carbocycles. The van der Waals surface area contributed by atoms with Crippen LogP contribution in [-0.4, -0.2) is 16.8 Å². The lowest BCUT2D eigenvalue weighted by Gasteiger charge is -2.15. The second-order valence-corrected chi connectivity index (χ2v) is 5.79. The molecule has 1 amide bonds. The number of nitrogens with one attached hydrogen (secondary N) is 1. The first-order chi connectivity index (χ1) is 11.0. The molecule has 1 heterocycles. The number of carbonyl (C=O) groups is 2. The third kappa shape index (κ3) is 2.73. The van der Waals surface area contributed by atoms with Crippen LogP contribution in [0, 0.1) is 6.92 Å². The minimum absolute atomic E-state index is 0.0203. The van der Waals surface area contributed by atoms with Crippen molar-refractivity contribution in [3.05, 3.63) is 75.8 Å². The van der Waals surface area contributed by atoms with E-state index in [2.05, 4.69) is 5.32 Å². The van der Waals surface area contributed by atoms with E-state index >= 15 is 0 Å². The predicted molar refractivity (Wildman–Crippen MR) is 88.1 cm³/mol. The molecular weight excluding hydrogens is 314 g/mol. The summed E-state index contributed by atoms with van der Waals surface area (Å²) in [6.45, 7) is 1.92.